The molecule has 1 rings (SSSR count). The van der Waals surface area contributed by atoms with E-state index in [1.807, 2.05) is 12.1 Å². The Hall–Kier alpha value is 0.0787. The number of hydrogen-bond acceptors (Lipinski definition) is 1. The summed E-state index contributed by atoms with van der Waals surface area (Å²) in [6.07, 6.45) is 1.69. The summed E-state index contributed by atoms with van der Waals surface area (Å²) in [5.41, 5.74) is 0. The molecule has 30 valence electrons. The molecular weight excluding hydrogens is 183 g/mol. The van der Waals surface area contributed by atoms with E-state index in [0.29, 0.717) is 0 Å². The van der Waals surface area contributed by atoms with Crippen molar-refractivity contribution in [3.63, 3.8) is 0 Å². The van der Waals surface area contributed by atoms with Crippen LogP contribution < -0.4 is 3.78 Å². The number of furan rings is 1. The van der Waals surface area contributed by atoms with E-state index in [9.17, 15) is 0 Å². The van der Waals surface area contributed by atoms with Crippen LogP contribution in [0.3, 0.4) is 0 Å². The molecule has 0 atom stereocenters. The van der Waals surface area contributed by atoms with E-state index < -0.39 is 0 Å². The maximum absolute atomic E-state index is 4.89. The van der Waals surface area contributed by atoms with Crippen LogP contribution in [0.5, 0.6) is 0 Å². The van der Waals surface area contributed by atoms with E-state index in [1.165, 1.54) is 0 Å². The van der Waals surface area contributed by atoms with Gasteiger partial charge in [-0.3, -0.25) is 0 Å². The fourth-order valence-corrected chi connectivity index (χ4v) is 0.833. The Morgan fingerprint density at radius 1 is 1.67 bits per heavy atom. The van der Waals surface area contributed by atoms with Gasteiger partial charge in [-0.15, -0.1) is 0 Å². The summed E-state index contributed by atoms with van der Waals surface area (Å²) in [6, 6.07) is 3.88. The first-order valence-electron chi connectivity index (χ1n) is 1.68. The van der Waals surface area contributed by atoms with Crippen LogP contribution in [0.2, 0.25) is 0 Å². The SMILES string of the molecule is [SnH][c]1ccco1. The molecule has 0 spiro atoms. The van der Waals surface area contributed by atoms with Crippen LogP contribution in [-0.4, -0.2) is 22.5 Å². The summed E-state index contributed by atoms with van der Waals surface area (Å²) in [6.45, 7) is 0. The average molecular weight is 187 g/mol. The molecule has 2 radical (unpaired) electrons. The molecular formula is C4H4OSn. The molecule has 0 amide bonds. The summed E-state index contributed by atoms with van der Waals surface area (Å²) >= 11 is 1.09. The first kappa shape index (κ1) is 4.24. The van der Waals surface area contributed by atoms with Gasteiger partial charge in [0.25, 0.3) is 0 Å². The average Bonchev–Trinajstić information content (AvgIpc) is 1.86. The molecule has 0 unspecified atom stereocenters. The van der Waals surface area contributed by atoms with Crippen molar-refractivity contribution in [2.45, 2.75) is 0 Å². The van der Waals surface area contributed by atoms with Gasteiger partial charge in [-0.05, 0) is 0 Å². The topological polar surface area (TPSA) is 13.1 Å². The molecule has 0 saturated heterocycles. The predicted octanol–water partition coefficient (Wildman–Crippen LogP) is -0.194. The summed E-state index contributed by atoms with van der Waals surface area (Å²) in [4.78, 5) is 0. The van der Waals surface area contributed by atoms with E-state index in [1.54, 1.807) is 6.26 Å². The molecule has 0 aliphatic rings. The van der Waals surface area contributed by atoms with Gasteiger partial charge in [-0.1, -0.05) is 0 Å². The van der Waals surface area contributed by atoms with Crippen LogP contribution in [0, 0.1) is 0 Å². The monoisotopic (exact) mass is 188 g/mol. The van der Waals surface area contributed by atoms with Gasteiger partial charge in [-0.25, -0.2) is 0 Å². The molecule has 0 bridgehead atoms. The normalized spacial score (nSPS) is 8.83. The quantitative estimate of drug-likeness (QED) is 0.512. The first-order valence-corrected chi connectivity index (χ1v) is 3.33. The van der Waals surface area contributed by atoms with Crippen LogP contribution in [0.1, 0.15) is 0 Å². The van der Waals surface area contributed by atoms with Crippen molar-refractivity contribution in [1.29, 1.82) is 0 Å². The summed E-state index contributed by atoms with van der Waals surface area (Å²) in [5, 5.41) is 0. The van der Waals surface area contributed by atoms with Crippen molar-refractivity contribution in [3.8, 4) is 0 Å². The third kappa shape index (κ3) is 0.772. The Kier molecular flexibility index (Phi) is 1.19. The Balaban J connectivity index is 3.05. The summed E-state index contributed by atoms with van der Waals surface area (Å²) in [7, 11) is 0. The van der Waals surface area contributed by atoms with Gasteiger partial charge in [0.2, 0.25) is 0 Å². The van der Waals surface area contributed by atoms with E-state index in [4.69, 9.17) is 4.42 Å². The Morgan fingerprint density at radius 2 is 2.50 bits per heavy atom. The number of rotatable bonds is 0. The van der Waals surface area contributed by atoms with Gasteiger partial charge >= 0.3 is 49.1 Å². The molecule has 2 heteroatoms. The molecule has 0 aliphatic heterocycles. The molecule has 0 aliphatic carbocycles. The molecule has 0 saturated carbocycles. The molecule has 1 aromatic rings. The van der Waals surface area contributed by atoms with Gasteiger partial charge in [0.05, 0.1) is 0 Å². The molecule has 1 nitrogen and oxygen atoms in total. The van der Waals surface area contributed by atoms with Gasteiger partial charge < -0.3 is 0 Å². The molecule has 0 aromatic carbocycles. The zero-order valence-electron chi connectivity index (χ0n) is 3.22. The van der Waals surface area contributed by atoms with Crippen LogP contribution >= 0.6 is 0 Å². The summed E-state index contributed by atoms with van der Waals surface area (Å²) in [5.74, 6) is 0. The van der Waals surface area contributed by atoms with Gasteiger partial charge in [0.15, 0.2) is 0 Å². The third-order valence-electron chi connectivity index (χ3n) is 0.543. The van der Waals surface area contributed by atoms with E-state index in [-0.39, 0.29) is 0 Å². The Bertz CT molecular complexity index is 111. The van der Waals surface area contributed by atoms with Crippen molar-refractivity contribution < 1.29 is 4.42 Å². The minimum atomic E-state index is 1.09. The minimum absolute atomic E-state index is 1.09. The van der Waals surface area contributed by atoms with Crippen molar-refractivity contribution >= 4 is 26.3 Å². The van der Waals surface area contributed by atoms with Gasteiger partial charge in [0.1, 0.15) is 0 Å². The molecule has 6 heavy (non-hydrogen) atoms. The first-order chi connectivity index (χ1) is 2.89. The molecule has 1 heterocycles. The van der Waals surface area contributed by atoms with E-state index >= 15 is 0 Å². The molecule has 0 N–H and O–H groups in total. The van der Waals surface area contributed by atoms with Crippen molar-refractivity contribution in [2.24, 2.45) is 0 Å². The fraction of sp³-hybridized carbons (Fsp3) is 0. The maximum atomic E-state index is 4.89. The zero-order valence-corrected chi connectivity index (χ0v) is 6.51. The summed E-state index contributed by atoms with van der Waals surface area (Å²) < 4.78 is 5.99. The number of hydrogen-bond donors (Lipinski definition) is 0. The van der Waals surface area contributed by atoms with Crippen molar-refractivity contribution in [2.75, 3.05) is 0 Å². The van der Waals surface area contributed by atoms with Crippen LogP contribution in [0.15, 0.2) is 22.8 Å². The fourth-order valence-electron chi connectivity index (χ4n) is 0.291. The second kappa shape index (κ2) is 1.69. The second-order valence-electron chi connectivity index (χ2n) is 1.02. The second-order valence-corrected chi connectivity index (χ2v) is 2.64. The van der Waals surface area contributed by atoms with Crippen molar-refractivity contribution in [1.82, 2.24) is 0 Å². The third-order valence-corrected chi connectivity index (χ3v) is 1.48. The molecule has 1 aromatic heterocycles. The zero-order chi connectivity index (χ0) is 4.41. The van der Waals surface area contributed by atoms with Gasteiger partial charge in [-0.2, -0.15) is 0 Å². The molecule has 0 fully saturated rings. The van der Waals surface area contributed by atoms with E-state index in [2.05, 4.69) is 0 Å². The van der Waals surface area contributed by atoms with Crippen molar-refractivity contribution in [3.05, 3.63) is 18.4 Å². The standard InChI is InChI=1S/C4H3O.Sn.H/c1-2-4-5-3-1;;/h1-3H;;. The van der Waals surface area contributed by atoms with E-state index in [0.717, 1.165) is 26.3 Å². The van der Waals surface area contributed by atoms with Crippen LogP contribution in [-0.2, 0) is 0 Å². The Morgan fingerprint density at radius 3 is 2.67 bits per heavy atom. The Labute approximate surface area is 49.4 Å². The van der Waals surface area contributed by atoms with Crippen LogP contribution in [0.4, 0.5) is 0 Å². The predicted molar refractivity (Wildman–Crippen MR) is 25.5 cm³/mol. The van der Waals surface area contributed by atoms with Crippen LogP contribution in [0.25, 0.3) is 0 Å². The van der Waals surface area contributed by atoms with Gasteiger partial charge in [0, 0.05) is 0 Å².